The minimum Gasteiger partial charge on any atom is -0.504 e. The van der Waals surface area contributed by atoms with Crippen molar-refractivity contribution >= 4 is 29.1 Å². The monoisotopic (exact) mass is 486 g/mol. The first-order valence-corrected chi connectivity index (χ1v) is 11.7. The molecular formula is C26H22N4O4S. The molecule has 2 N–H and O–H groups in total. The molecule has 1 aliphatic rings. The predicted octanol–water partition coefficient (Wildman–Crippen LogP) is 4.24. The maximum absolute atomic E-state index is 11.8. The van der Waals surface area contributed by atoms with Crippen molar-refractivity contribution in [3.63, 3.8) is 0 Å². The topological polar surface area (TPSA) is 97.4 Å². The molecule has 1 amide bonds. The number of aromatic hydroxyl groups is 1. The Morgan fingerprint density at radius 2 is 2.03 bits per heavy atom. The number of carbonyl (C=O) groups is 1. The summed E-state index contributed by atoms with van der Waals surface area (Å²) in [7, 11) is 1.50. The lowest BCUT2D eigenvalue weighted by Gasteiger charge is -2.18. The van der Waals surface area contributed by atoms with Crippen molar-refractivity contribution in [3.05, 3.63) is 88.0 Å². The normalized spacial score (nSPS) is 13.4. The van der Waals surface area contributed by atoms with Gasteiger partial charge in [-0.1, -0.05) is 36.4 Å². The average molecular weight is 487 g/mol. The van der Waals surface area contributed by atoms with Gasteiger partial charge in [-0.15, -0.1) is 11.3 Å². The molecule has 8 nitrogen and oxygen atoms in total. The van der Waals surface area contributed by atoms with Crippen molar-refractivity contribution in [1.82, 2.24) is 4.68 Å². The first-order chi connectivity index (χ1) is 17.1. The molecule has 0 saturated heterocycles. The van der Waals surface area contributed by atoms with E-state index in [1.165, 1.54) is 18.4 Å². The summed E-state index contributed by atoms with van der Waals surface area (Å²) in [5, 5.41) is 19.9. The Labute approximate surface area is 205 Å². The number of rotatable bonds is 6. The van der Waals surface area contributed by atoms with Crippen LogP contribution < -0.4 is 19.6 Å². The second kappa shape index (κ2) is 9.86. The van der Waals surface area contributed by atoms with E-state index in [2.05, 4.69) is 10.4 Å². The highest BCUT2D eigenvalue weighted by atomic mass is 32.1. The molecule has 5 rings (SSSR count). The number of thiazole rings is 1. The van der Waals surface area contributed by atoms with Gasteiger partial charge < -0.3 is 19.9 Å². The number of phenolic OH excluding ortho intramolecular Hbond substituents is 1. The van der Waals surface area contributed by atoms with Crippen LogP contribution >= 0.6 is 11.3 Å². The fourth-order valence-electron chi connectivity index (χ4n) is 3.63. The molecule has 0 spiro atoms. The zero-order valence-electron chi connectivity index (χ0n) is 18.8. The minimum atomic E-state index is -0.196. The lowest BCUT2D eigenvalue weighted by molar-refractivity contribution is -0.118. The molecule has 4 aromatic rings. The zero-order chi connectivity index (χ0) is 24.2. The van der Waals surface area contributed by atoms with E-state index >= 15 is 0 Å². The number of benzene rings is 3. The third-order valence-electron chi connectivity index (χ3n) is 5.40. The average Bonchev–Trinajstić information content (AvgIpc) is 3.29. The Hall–Kier alpha value is -4.37. The number of nitrogens with one attached hydrogen (secondary N) is 1. The van der Waals surface area contributed by atoms with Crippen LogP contribution in [0.4, 0.5) is 5.69 Å². The van der Waals surface area contributed by atoms with Crippen molar-refractivity contribution in [2.45, 2.75) is 6.54 Å². The predicted molar refractivity (Wildman–Crippen MR) is 135 cm³/mol. The molecule has 35 heavy (non-hydrogen) atoms. The first-order valence-electron chi connectivity index (χ1n) is 10.8. The number of anilines is 1. The van der Waals surface area contributed by atoms with E-state index in [9.17, 15) is 9.90 Å². The number of hydrogen-bond acceptors (Lipinski definition) is 7. The van der Waals surface area contributed by atoms with Crippen LogP contribution in [0.15, 0.2) is 82.2 Å². The Morgan fingerprint density at radius 1 is 1.17 bits per heavy atom. The highest BCUT2D eigenvalue weighted by Gasteiger charge is 2.18. The lowest BCUT2D eigenvalue weighted by atomic mass is 10.1. The molecule has 0 aliphatic carbocycles. The maximum Gasteiger partial charge on any atom is 0.262 e. The smallest absolute Gasteiger partial charge is 0.262 e. The molecule has 0 radical (unpaired) electrons. The molecule has 2 heterocycles. The maximum atomic E-state index is 11.8. The summed E-state index contributed by atoms with van der Waals surface area (Å²) in [4.78, 5) is 17.3. The van der Waals surface area contributed by atoms with E-state index in [0.29, 0.717) is 34.1 Å². The van der Waals surface area contributed by atoms with E-state index < -0.39 is 0 Å². The molecule has 176 valence electrons. The standard InChI is InChI=1S/C26H22N4O4S/c1-33-23-9-5-8-19(25(23)32)14-28-30-21(16-35-26(30)27-13-17-6-3-2-4-7-17)18-10-11-22-20(12-18)29-24(31)15-34-22/h2-12,14,16,32H,13,15H2,1H3,(H,29,31). The van der Waals surface area contributed by atoms with Crippen molar-refractivity contribution in [3.8, 4) is 28.5 Å². The van der Waals surface area contributed by atoms with Gasteiger partial charge in [0.15, 0.2) is 18.1 Å². The van der Waals surface area contributed by atoms with E-state index in [1.54, 1.807) is 29.1 Å². The number of amides is 1. The summed E-state index contributed by atoms with van der Waals surface area (Å²) in [5.74, 6) is 0.795. The van der Waals surface area contributed by atoms with E-state index in [1.807, 2.05) is 53.9 Å². The summed E-state index contributed by atoms with van der Waals surface area (Å²) < 4.78 is 12.4. The quantitative estimate of drug-likeness (QED) is 0.398. The first kappa shape index (κ1) is 22.4. The van der Waals surface area contributed by atoms with Crippen molar-refractivity contribution < 1.29 is 19.4 Å². The third-order valence-corrected chi connectivity index (χ3v) is 6.25. The Bertz CT molecular complexity index is 1470. The van der Waals surface area contributed by atoms with Gasteiger partial charge in [0, 0.05) is 16.5 Å². The van der Waals surface area contributed by atoms with Crippen molar-refractivity contribution in [2.75, 3.05) is 19.0 Å². The molecule has 9 heteroatoms. The zero-order valence-corrected chi connectivity index (χ0v) is 19.7. The highest BCUT2D eigenvalue weighted by Crippen LogP contribution is 2.33. The molecular weight excluding hydrogens is 464 g/mol. The second-order valence-corrected chi connectivity index (χ2v) is 8.54. The van der Waals surface area contributed by atoms with Crippen LogP contribution in [-0.4, -0.2) is 35.6 Å². The van der Waals surface area contributed by atoms with Crippen LogP contribution in [0.25, 0.3) is 11.3 Å². The third kappa shape index (κ3) is 4.80. The lowest BCUT2D eigenvalue weighted by Crippen LogP contribution is -2.25. The fraction of sp³-hybridized carbons (Fsp3) is 0.115. The van der Waals surface area contributed by atoms with Crippen LogP contribution in [0.3, 0.4) is 0 Å². The molecule has 0 bridgehead atoms. The van der Waals surface area contributed by atoms with Crippen LogP contribution in [0.2, 0.25) is 0 Å². The van der Waals surface area contributed by atoms with Gasteiger partial charge in [-0.05, 0) is 35.9 Å². The molecule has 3 aromatic carbocycles. The van der Waals surface area contributed by atoms with Crippen molar-refractivity contribution in [1.29, 1.82) is 0 Å². The fourth-order valence-corrected chi connectivity index (χ4v) is 4.47. The number of methoxy groups -OCH3 is 1. The number of aromatic nitrogens is 1. The van der Waals surface area contributed by atoms with Gasteiger partial charge in [0.1, 0.15) is 5.75 Å². The largest absolute Gasteiger partial charge is 0.504 e. The van der Waals surface area contributed by atoms with Crippen molar-refractivity contribution in [2.24, 2.45) is 10.1 Å². The van der Waals surface area contributed by atoms with Gasteiger partial charge in [0.2, 0.25) is 4.80 Å². The van der Waals surface area contributed by atoms with Crippen LogP contribution in [-0.2, 0) is 11.3 Å². The summed E-state index contributed by atoms with van der Waals surface area (Å²) in [6.07, 6.45) is 1.57. The van der Waals surface area contributed by atoms with E-state index in [0.717, 1.165) is 16.8 Å². The van der Waals surface area contributed by atoms with Gasteiger partial charge in [0.05, 0.1) is 31.3 Å². The highest BCUT2D eigenvalue weighted by molar-refractivity contribution is 7.07. The van der Waals surface area contributed by atoms with Gasteiger partial charge in [-0.2, -0.15) is 5.10 Å². The summed E-state index contributed by atoms with van der Waals surface area (Å²) in [6, 6.07) is 20.8. The minimum absolute atomic E-state index is 0.00162. The second-order valence-electron chi connectivity index (χ2n) is 7.71. The van der Waals surface area contributed by atoms with Crippen LogP contribution in [0.1, 0.15) is 11.1 Å². The number of phenols is 1. The molecule has 0 unspecified atom stereocenters. The summed E-state index contributed by atoms with van der Waals surface area (Å²) in [5.41, 5.74) is 3.81. The number of fused-ring (bicyclic) bond motifs is 1. The van der Waals surface area contributed by atoms with Crippen LogP contribution in [0.5, 0.6) is 17.2 Å². The summed E-state index contributed by atoms with van der Waals surface area (Å²) >= 11 is 1.45. The van der Waals surface area contributed by atoms with Crippen LogP contribution in [0, 0.1) is 0 Å². The van der Waals surface area contributed by atoms with Gasteiger partial charge >= 0.3 is 0 Å². The molecule has 0 saturated carbocycles. The van der Waals surface area contributed by atoms with E-state index in [4.69, 9.17) is 14.5 Å². The van der Waals surface area contributed by atoms with Gasteiger partial charge in [0.25, 0.3) is 5.91 Å². The number of para-hydroxylation sites is 1. The van der Waals surface area contributed by atoms with Gasteiger partial charge in [-0.3, -0.25) is 9.79 Å². The van der Waals surface area contributed by atoms with Gasteiger partial charge in [-0.25, -0.2) is 4.68 Å². The SMILES string of the molecule is COc1cccc(C=Nn2c(-c3ccc4c(c3)NC(=O)CO4)csc2=NCc2ccccc2)c1O. The Kier molecular flexibility index (Phi) is 6.32. The molecule has 1 aromatic heterocycles. The Balaban J connectivity index is 1.58. The molecule has 0 fully saturated rings. The number of carbonyl (C=O) groups excluding carboxylic acids is 1. The molecule has 0 atom stereocenters. The number of hydrogen-bond donors (Lipinski definition) is 2. The molecule has 1 aliphatic heterocycles. The van der Waals surface area contributed by atoms with E-state index in [-0.39, 0.29) is 18.3 Å². The number of nitrogens with zero attached hydrogens (tertiary/aromatic N) is 3. The summed E-state index contributed by atoms with van der Waals surface area (Å²) in [6.45, 7) is 0.496. The Morgan fingerprint density at radius 3 is 2.86 bits per heavy atom. The number of ether oxygens (including phenoxy) is 2.